The summed E-state index contributed by atoms with van der Waals surface area (Å²) in [6.45, 7) is 1.84. The van der Waals surface area contributed by atoms with Gasteiger partial charge < -0.3 is 20.7 Å². The van der Waals surface area contributed by atoms with Crippen LogP contribution in [0.1, 0.15) is 16.8 Å². The molecule has 5 nitrogen and oxygen atoms in total. The van der Waals surface area contributed by atoms with E-state index in [1.165, 1.54) is 0 Å². The van der Waals surface area contributed by atoms with Crippen molar-refractivity contribution in [2.45, 2.75) is 12.5 Å². The van der Waals surface area contributed by atoms with Gasteiger partial charge in [-0.2, -0.15) is 0 Å². The molecular weight excluding hydrogens is 362 g/mol. The molecule has 5 heteroatoms. The first-order valence-corrected chi connectivity index (χ1v) is 9.78. The molecule has 0 aromatic heterocycles. The first kappa shape index (κ1) is 19.0. The monoisotopic (exact) mass is 387 g/mol. The topological polar surface area (TPSA) is 67.6 Å². The summed E-state index contributed by atoms with van der Waals surface area (Å²) in [5.41, 5.74) is 11.0. The minimum absolute atomic E-state index is 0.176. The van der Waals surface area contributed by atoms with Crippen LogP contribution in [0.15, 0.2) is 72.8 Å². The van der Waals surface area contributed by atoms with Gasteiger partial charge in [0.05, 0.1) is 17.5 Å². The second-order valence-electron chi connectivity index (χ2n) is 7.26. The molecule has 1 amide bonds. The number of amides is 1. The van der Waals surface area contributed by atoms with Crippen molar-refractivity contribution in [1.29, 1.82) is 0 Å². The van der Waals surface area contributed by atoms with Crippen molar-refractivity contribution in [2.24, 2.45) is 0 Å². The molecule has 148 valence electrons. The number of benzene rings is 3. The Kier molecular flexibility index (Phi) is 5.49. The smallest absolute Gasteiger partial charge is 0.255 e. The van der Waals surface area contributed by atoms with Crippen molar-refractivity contribution in [3.63, 3.8) is 0 Å². The fourth-order valence-electron chi connectivity index (χ4n) is 3.65. The Balaban J connectivity index is 1.48. The molecule has 1 saturated heterocycles. The lowest BCUT2D eigenvalue weighted by Gasteiger charge is -2.18. The van der Waals surface area contributed by atoms with Gasteiger partial charge in [-0.3, -0.25) is 4.79 Å². The van der Waals surface area contributed by atoms with Crippen molar-refractivity contribution in [3.8, 4) is 11.1 Å². The molecule has 3 aromatic carbocycles. The number of rotatable bonds is 5. The summed E-state index contributed by atoms with van der Waals surface area (Å²) in [6.07, 6.45) is 1.30. The Hall–Kier alpha value is -3.31. The van der Waals surface area contributed by atoms with Crippen molar-refractivity contribution >= 4 is 23.0 Å². The number of nitrogen functional groups attached to an aromatic ring is 1. The van der Waals surface area contributed by atoms with Crippen LogP contribution in [0.4, 0.5) is 17.1 Å². The van der Waals surface area contributed by atoms with Gasteiger partial charge in [0, 0.05) is 31.5 Å². The fraction of sp³-hybridized carbons (Fsp3) is 0.208. The summed E-state index contributed by atoms with van der Waals surface area (Å²) in [5, 5.41) is 2.94. The predicted molar refractivity (Wildman–Crippen MR) is 118 cm³/mol. The Morgan fingerprint density at radius 3 is 2.48 bits per heavy atom. The lowest BCUT2D eigenvalue weighted by Crippen LogP contribution is -2.22. The molecule has 29 heavy (non-hydrogen) atoms. The van der Waals surface area contributed by atoms with Crippen molar-refractivity contribution < 1.29 is 9.53 Å². The van der Waals surface area contributed by atoms with Gasteiger partial charge in [0.1, 0.15) is 0 Å². The third-order valence-electron chi connectivity index (χ3n) is 5.38. The average molecular weight is 387 g/mol. The summed E-state index contributed by atoms with van der Waals surface area (Å²) in [7, 11) is 1.75. The average Bonchev–Trinajstić information content (AvgIpc) is 3.25. The molecule has 1 aliphatic rings. The second kappa shape index (κ2) is 8.37. The number of carbonyl (C=O) groups excluding carboxylic acids is 1. The number of nitrogens with zero attached hydrogens (tertiary/aromatic N) is 1. The summed E-state index contributed by atoms with van der Waals surface area (Å²) < 4.78 is 5.43. The highest BCUT2D eigenvalue weighted by atomic mass is 16.5. The summed E-state index contributed by atoms with van der Waals surface area (Å²) >= 11 is 0. The largest absolute Gasteiger partial charge is 0.397 e. The second-order valence-corrected chi connectivity index (χ2v) is 7.26. The van der Waals surface area contributed by atoms with E-state index in [-0.39, 0.29) is 12.0 Å². The van der Waals surface area contributed by atoms with Gasteiger partial charge >= 0.3 is 0 Å². The highest BCUT2D eigenvalue weighted by Crippen LogP contribution is 2.28. The molecule has 3 aromatic rings. The van der Waals surface area contributed by atoms with Crippen LogP contribution in [0.25, 0.3) is 11.1 Å². The van der Waals surface area contributed by atoms with Gasteiger partial charge in [-0.1, -0.05) is 36.4 Å². The maximum Gasteiger partial charge on any atom is 0.255 e. The Labute approximate surface area is 171 Å². The van der Waals surface area contributed by atoms with Gasteiger partial charge in [-0.05, 0) is 53.9 Å². The fourth-order valence-corrected chi connectivity index (χ4v) is 3.65. The van der Waals surface area contributed by atoms with E-state index >= 15 is 0 Å². The lowest BCUT2D eigenvalue weighted by atomic mass is 10.0. The lowest BCUT2D eigenvalue weighted by molar-refractivity contribution is 0.102. The Morgan fingerprint density at radius 1 is 1.03 bits per heavy atom. The SMILES string of the molecule is CO[C@@H]1CCN(c2ccc(C(=O)Nc3cc(-c4ccccc4)ccc3N)cc2)C1. The van der Waals surface area contributed by atoms with Gasteiger partial charge in [-0.25, -0.2) is 0 Å². The maximum atomic E-state index is 12.7. The summed E-state index contributed by atoms with van der Waals surface area (Å²) in [5.74, 6) is -0.176. The molecule has 1 fully saturated rings. The Morgan fingerprint density at radius 2 is 1.79 bits per heavy atom. The molecule has 1 heterocycles. The van der Waals surface area contributed by atoms with E-state index in [2.05, 4.69) is 10.2 Å². The van der Waals surface area contributed by atoms with Gasteiger partial charge in [0.15, 0.2) is 0 Å². The van der Waals surface area contributed by atoms with E-state index < -0.39 is 0 Å². The molecule has 1 atom stereocenters. The first-order valence-electron chi connectivity index (χ1n) is 9.78. The molecular formula is C24H25N3O2. The predicted octanol–water partition coefficient (Wildman–Crippen LogP) is 4.41. The van der Waals surface area contributed by atoms with E-state index in [1.54, 1.807) is 7.11 Å². The minimum Gasteiger partial charge on any atom is -0.397 e. The van der Waals surface area contributed by atoms with Crippen molar-refractivity contribution in [1.82, 2.24) is 0 Å². The number of carbonyl (C=O) groups is 1. The number of nitrogens with one attached hydrogen (secondary N) is 1. The number of ether oxygens (including phenoxy) is 1. The van der Waals surface area contributed by atoms with E-state index in [0.717, 1.165) is 36.3 Å². The van der Waals surface area contributed by atoms with Gasteiger partial charge in [0.25, 0.3) is 5.91 Å². The molecule has 0 unspecified atom stereocenters. The highest BCUT2D eigenvalue weighted by molar-refractivity contribution is 6.06. The van der Waals surface area contributed by atoms with Crippen molar-refractivity contribution in [3.05, 3.63) is 78.4 Å². The van der Waals surface area contributed by atoms with Gasteiger partial charge in [-0.15, -0.1) is 0 Å². The quantitative estimate of drug-likeness (QED) is 0.636. The van der Waals surface area contributed by atoms with Crippen LogP contribution < -0.4 is 16.0 Å². The zero-order valence-electron chi connectivity index (χ0n) is 16.5. The van der Waals surface area contributed by atoms with Crippen LogP contribution in [0.5, 0.6) is 0 Å². The molecule has 1 aliphatic heterocycles. The number of anilines is 3. The van der Waals surface area contributed by atoms with E-state index in [1.807, 2.05) is 72.8 Å². The molecule has 0 spiro atoms. The van der Waals surface area contributed by atoms with Crippen LogP contribution in [0, 0.1) is 0 Å². The molecule has 3 N–H and O–H groups in total. The number of hydrogen-bond donors (Lipinski definition) is 2. The number of hydrogen-bond acceptors (Lipinski definition) is 4. The summed E-state index contributed by atoms with van der Waals surface area (Å²) in [4.78, 5) is 15.0. The first-order chi connectivity index (χ1) is 14.1. The van der Waals surface area contributed by atoms with Gasteiger partial charge in [0.2, 0.25) is 0 Å². The minimum atomic E-state index is -0.176. The molecule has 4 rings (SSSR count). The molecule has 0 aliphatic carbocycles. The van der Waals surface area contributed by atoms with E-state index in [4.69, 9.17) is 10.5 Å². The summed E-state index contributed by atoms with van der Waals surface area (Å²) in [6, 6.07) is 23.4. The van der Waals surface area contributed by atoms with Crippen LogP contribution in [0.2, 0.25) is 0 Å². The van der Waals surface area contributed by atoms with Crippen molar-refractivity contribution in [2.75, 3.05) is 36.1 Å². The van der Waals surface area contributed by atoms with Crippen LogP contribution in [0.3, 0.4) is 0 Å². The zero-order chi connectivity index (χ0) is 20.2. The van der Waals surface area contributed by atoms with Crippen LogP contribution >= 0.6 is 0 Å². The normalized spacial score (nSPS) is 16.0. The van der Waals surface area contributed by atoms with E-state index in [9.17, 15) is 4.79 Å². The standard InChI is InChI=1S/C24H25N3O2/c1-29-21-13-14-27(16-21)20-10-7-18(8-11-20)24(28)26-23-15-19(9-12-22(23)25)17-5-3-2-4-6-17/h2-12,15,21H,13-14,16,25H2,1H3,(H,26,28)/t21-/m1/s1. The molecule has 0 radical (unpaired) electrons. The highest BCUT2D eigenvalue weighted by Gasteiger charge is 2.22. The van der Waals surface area contributed by atoms with Crippen LogP contribution in [-0.2, 0) is 4.74 Å². The molecule has 0 bridgehead atoms. The number of nitrogens with two attached hydrogens (primary N) is 1. The molecule has 0 saturated carbocycles. The maximum absolute atomic E-state index is 12.7. The Bertz CT molecular complexity index is 987. The van der Waals surface area contributed by atoms with E-state index in [0.29, 0.717) is 16.9 Å². The zero-order valence-corrected chi connectivity index (χ0v) is 16.5. The number of methoxy groups -OCH3 is 1. The third-order valence-corrected chi connectivity index (χ3v) is 5.38. The third kappa shape index (κ3) is 4.25. The van der Waals surface area contributed by atoms with Crippen LogP contribution in [-0.4, -0.2) is 32.2 Å².